The second-order valence-corrected chi connectivity index (χ2v) is 4.09. The lowest BCUT2D eigenvalue weighted by molar-refractivity contribution is 0.0697. The number of pyridine rings is 2. The summed E-state index contributed by atoms with van der Waals surface area (Å²) in [5.41, 5.74) is 6.70. The van der Waals surface area contributed by atoms with E-state index in [1.165, 1.54) is 12.3 Å². The zero-order chi connectivity index (χ0) is 13.8. The van der Waals surface area contributed by atoms with Crippen LogP contribution in [0.25, 0.3) is 0 Å². The highest BCUT2D eigenvalue weighted by atomic mass is 16.4. The van der Waals surface area contributed by atoms with Crippen molar-refractivity contribution in [2.45, 2.75) is 13.0 Å². The smallest absolute Gasteiger partial charge is 0.339 e. The van der Waals surface area contributed by atoms with Crippen LogP contribution in [0, 0.1) is 0 Å². The minimum atomic E-state index is -1.07. The Kier molecular flexibility index (Phi) is 3.61. The van der Waals surface area contributed by atoms with Crippen LogP contribution in [0.4, 0.5) is 11.5 Å². The number of nitrogens with zero attached hydrogens (tertiary/aromatic N) is 2. The van der Waals surface area contributed by atoms with Crippen LogP contribution in [0.2, 0.25) is 0 Å². The van der Waals surface area contributed by atoms with Crippen LogP contribution in [0.5, 0.6) is 0 Å². The molecule has 2 aromatic rings. The summed E-state index contributed by atoms with van der Waals surface area (Å²) in [6.45, 7) is 1.88. The van der Waals surface area contributed by atoms with Gasteiger partial charge < -0.3 is 16.2 Å². The summed E-state index contributed by atoms with van der Waals surface area (Å²) in [6, 6.07) is 6.77. The third-order valence-electron chi connectivity index (χ3n) is 2.62. The van der Waals surface area contributed by atoms with Gasteiger partial charge in [-0.15, -0.1) is 0 Å². The van der Waals surface area contributed by atoms with Crippen LogP contribution in [0.3, 0.4) is 0 Å². The molecule has 19 heavy (non-hydrogen) atoms. The van der Waals surface area contributed by atoms with E-state index in [1.807, 2.05) is 25.1 Å². The van der Waals surface area contributed by atoms with E-state index in [0.29, 0.717) is 5.69 Å². The summed E-state index contributed by atoms with van der Waals surface area (Å²) >= 11 is 0. The Hall–Kier alpha value is -2.63. The third kappa shape index (κ3) is 2.98. The molecule has 0 aliphatic heterocycles. The molecule has 0 spiro atoms. The van der Waals surface area contributed by atoms with Gasteiger partial charge in [-0.05, 0) is 25.1 Å². The predicted molar refractivity (Wildman–Crippen MR) is 71.9 cm³/mol. The predicted octanol–water partition coefficient (Wildman–Crippen LogP) is 1.93. The fourth-order valence-corrected chi connectivity index (χ4v) is 1.67. The average Bonchev–Trinajstić information content (AvgIpc) is 2.41. The van der Waals surface area contributed by atoms with Crippen molar-refractivity contribution in [1.29, 1.82) is 0 Å². The molecule has 2 heterocycles. The molecular weight excluding hydrogens is 244 g/mol. The van der Waals surface area contributed by atoms with Crippen LogP contribution >= 0.6 is 0 Å². The normalized spacial score (nSPS) is 11.8. The number of nitrogens with two attached hydrogens (primary N) is 1. The molecule has 1 unspecified atom stereocenters. The molecule has 2 aromatic heterocycles. The van der Waals surface area contributed by atoms with E-state index in [1.54, 1.807) is 6.20 Å². The number of aromatic carboxylic acids is 1. The Morgan fingerprint density at radius 1 is 1.42 bits per heavy atom. The van der Waals surface area contributed by atoms with E-state index in [9.17, 15) is 4.79 Å². The molecule has 0 fully saturated rings. The monoisotopic (exact) mass is 258 g/mol. The van der Waals surface area contributed by atoms with E-state index in [2.05, 4.69) is 15.3 Å². The molecule has 0 saturated heterocycles. The fraction of sp³-hybridized carbons (Fsp3) is 0.154. The van der Waals surface area contributed by atoms with Gasteiger partial charge in [-0.1, -0.05) is 6.07 Å². The average molecular weight is 258 g/mol. The number of carboxylic acids is 1. The minimum Gasteiger partial charge on any atom is -0.478 e. The number of rotatable bonds is 4. The number of carbonyl (C=O) groups is 1. The molecule has 98 valence electrons. The summed E-state index contributed by atoms with van der Waals surface area (Å²) in [6.07, 6.45) is 3.10. The Bertz CT molecular complexity index is 586. The third-order valence-corrected chi connectivity index (χ3v) is 2.62. The molecule has 2 rings (SSSR count). The standard InChI is InChI=1S/C13H14N4O2/c1-8(11-4-2-3-5-15-11)17-12-10(13(18)19)6-9(14)7-16-12/h2-8H,14H2,1H3,(H,16,17)(H,18,19). The largest absolute Gasteiger partial charge is 0.478 e. The number of aromatic nitrogens is 2. The quantitative estimate of drug-likeness (QED) is 0.774. The molecule has 0 bridgehead atoms. The Morgan fingerprint density at radius 2 is 2.21 bits per heavy atom. The summed E-state index contributed by atoms with van der Waals surface area (Å²) in [5, 5.41) is 12.1. The first-order valence-corrected chi connectivity index (χ1v) is 5.74. The van der Waals surface area contributed by atoms with Gasteiger partial charge in [0.2, 0.25) is 0 Å². The molecule has 0 aromatic carbocycles. The van der Waals surface area contributed by atoms with Gasteiger partial charge in [0.15, 0.2) is 0 Å². The van der Waals surface area contributed by atoms with Crippen molar-refractivity contribution in [2.24, 2.45) is 0 Å². The molecule has 6 heteroatoms. The number of nitrogens with one attached hydrogen (secondary N) is 1. The van der Waals surface area contributed by atoms with Gasteiger partial charge in [0, 0.05) is 6.20 Å². The van der Waals surface area contributed by atoms with Gasteiger partial charge in [0.05, 0.1) is 23.6 Å². The number of anilines is 2. The van der Waals surface area contributed by atoms with Crippen molar-refractivity contribution in [3.8, 4) is 0 Å². The van der Waals surface area contributed by atoms with Crippen molar-refractivity contribution in [2.75, 3.05) is 11.1 Å². The zero-order valence-electron chi connectivity index (χ0n) is 10.4. The van der Waals surface area contributed by atoms with Crippen molar-refractivity contribution >= 4 is 17.5 Å². The highest BCUT2D eigenvalue weighted by Crippen LogP contribution is 2.20. The van der Waals surface area contributed by atoms with Crippen LogP contribution < -0.4 is 11.1 Å². The summed E-state index contributed by atoms with van der Waals surface area (Å²) in [4.78, 5) is 19.4. The van der Waals surface area contributed by atoms with Crippen molar-refractivity contribution in [1.82, 2.24) is 9.97 Å². The van der Waals surface area contributed by atoms with Gasteiger partial charge in [-0.25, -0.2) is 9.78 Å². The second kappa shape index (κ2) is 5.34. The molecule has 0 saturated carbocycles. The Balaban J connectivity index is 2.26. The van der Waals surface area contributed by atoms with E-state index >= 15 is 0 Å². The fourth-order valence-electron chi connectivity index (χ4n) is 1.67. The van der Waals surface area contributed by atoms with Crippen LogP contribution in [0.15, 0.2) is 36.7 Å². The lowest BCUT2D eigenvalue weighted by atomic mass is 10.2. The number of hydrogen-bond donors (Lipinski definition) is 3. The number of carboxylic acid groups (broad SMARTS) is 1. The van der Waals surface area contributed by atoms with E-state index in [4.69, 9.17) is 10.8 Å². The first kappa shape index (κ1) is 12.8. The van der Waals surface area contributed by atoms with Crippen LogP contribution in [-0.4, -0.2) is 21.0 Å². The number of nitrogen functional groups attached to an aromatic ring is 1. The van der Waals surface area contributed by atoms with Gasteiger partial charge in [-0.2, -0.15) is 0 Å². The van der Waals surface area contributed by atoms with E-state index in [0.717, 1.165) is 5.69 Å². The summed E-state index contributed by atoms with van der Waals surface area (Å²) in [7, 11) is 0. The minimum absolute atomic E-state index is 0.0442. The maximum Gasteiger partial charge on any atom is 0.339 e. The maximum absolute atomic E-state index is 11.1. The molecule has 6 nitrogen and oxygen atoms in total. The SMILES string of the molecule is CC(Nc1ncc(N)cc1C(=O)O)c1ccccn1. The van der Waals surface area contributed by atoms with Gasteiger partial charge in [0.25, 0.3) is 0 Å². The highest BCUT2D eigenvalue weighted by Gasteiger charge is 2.15. The van der Waals surface area contributed by atoms with Crippen molar-refractivity contribution in [3.63, 3.8) is 0 Å². The molecule has 0 radical (unpaired) electrons. The van der Waals surface area contributed by atoms with E-state index < -0.39 is 5.97 Å². The summed E-state index contributed by atoms with van der Waals surface area (Å²) in [5.74, 6) is -0.796. The zero-order valence-corrected chi connectivity index (χ0v) is 10.4. The Morgan fingerprint density at radius 3 is 2.84 bits per heavy atom. The molecule has 0 aliphatic rings. The highest BCUT2D eigenvalue weighted by molar-refractivity contribution is 5.94. The van der Waals surface area contributed by atoms with E-state index in [-0.39, 0.29) is 17.4 Å². The second-order valence-electron chi connectivity index (χ2n) is 4.09. The van der Waals surface area contributed by atoms with Crippen LogP contribution in [0.1, 0.15) is 29.0 Å². The first-order valence-electron chi connectivity index (χ1n) is 5.74. The lowest BCUT2D eigenvalue weighted by Crippen LogP contribution is -2.13. The first-order chi connectivity index (χ1) is 9.08. The van der Waals surface area contributed by atoms with Gasteiger partial charge >= 0.3 is 5.97 Å². The maximum atomic E-state index is 11.1. The number of hydrogen-bond acceptors (Lipinski definition) is 5. The molecule has 4 N–H and O–H groups in total. The topological polar surface area (TPSA) is 101 Å². The molecule has 0 aliphatic carbocycles. The van der Waals surface area contributed by atoms with Gasteiger partial charge in [0.1, 0.15) is 11.4 Å². The van der Waals surface area contributed by atoms with Crippen molar-refractivity contribution < 1.29 is 9.90 Å². The van der Waals surface area contributed by atoms with Gasteiger partial charge in [-0.3, -0.25) is 4.98 Å². The van der Waals surface area contributed by atoms with Crippen LogP contribution in [-0.2, 0) is 0 Å². The summed E-state index contributed by atoms with van der Waals surface area (Å²) < 4.78 is 0. The van der Waals surface area contributed by atoms with Crippen molar-refractivity contribution in [3.05, 3.63) is 47.9 Å². The molecule has 0 amide bonds. The molecular formula is C13H14N4O2. The molecule has 1 atom stereocenters. The lowest BCUT2D eigenvalue weighted by Gasteiger charge is -2.15. The Labute approximate surface area is 110 Å².